The van der Waals surface area contributed by atoms with Gasteiger partial charge in [-0.25, -0.2) is 0 Å². The summed E-state index contributed by atoms with van der Waals surface area (Å²) in [6.07, 6.45) is 13.7. The monoisotopic (exact) mass is 645 g/mol. The van der Waals surface area contributed by atoms with Crippen molar-refractivity contribution in [3.8, 4) is 5.75 Å². The lowest BCUT2D eigenvalue weighted by molar-refractivity contribution is -0.123. The van der Waals surface area contributed by atoms with Gasteiger partial charge in [0.2, 0.25) is 5.91 Å². The minimum absolute atomic E-state index is 0.0218. The molecular formula is C37H63NO6Si. The molecule has 256 valence electrons. The van der Waals surface area contributed by atoms with E-state index in [2.05, 4.69) is 71.3 Å². The molecule has 5 atom stereocenters. The van der Waals surface area contributed by atoms with E-state index in [1.807, 2.05) is 24.3 Å². The fourth-order valence-electron chi connectivity index (χ4n) is 5.55. The summed E-state index contributed by atoms with van der Waals surface area (Å²) in [7, 11) is 3.09. The molecule has 0 heterocycles. The van der Waals surface area contributed by atoms with Crippen LogP contribution >= 0.6 is 0 Å². The van der Waals surface area contributed by atoms with Crippen molar-refractivity contribution >= 4 is 14.2 Å². The van der Waals surface area contributed by atoms with Crippen LogP contribution in [0.3, 0.4) is 0 Å². The second kappa shape index (κ2) is 19.6. The predicted octanol–water partition coefficient (Wildman–Crippen LogP) is 8.39. The van der Waals surface area contributed by atoms with E-state index in [4.69, 9.17) is 23.4 Å². The highest BCUT2D eigenvalue weighted by Gasteiger charge is 2.46. The normalized spacial score (nSPS) is 20.6. The van der Waals surface area contributed by atoms with Crippen molar-refractivity contribution in [2.24, 2.45) is 5.92 Å². The maximum absolute atomic E-state index is 12.9. The molecule has 1 N–H and O–H groups in total. The van der Waals surface area contributed by atoms with Gasteiger partial charge < -0.3 is 28.7 Å². The number of nitrogens with one attached hydrogen (secondary N) is 1. The van der Waals surface area contributed by atoms with Crippen molar-refractivity contribution < 1.29 is 28.2 Å². The molecule has 0 unspecified atom stereocenters. The van der Waals surface area contributed by atoms with Crippen LogP contribution < -0.4 is 10.1 Å². The molecule has 2 rings (SSSR count). The van der Waals surface area contributed by atoms with Gasteiger partial charge in [-0.05, 0) is 74.0 Å². The fraction of sp³-hybridized carbons (Fsp3) is 0.703. The molecule has 0 bridgehead atoms. The summed E-state index contributed by atoms with van der Waals surface area (Å²) in [6, 6.07) is 7.97. The summed E-state index contributed by atoms with van der Waals surface area (Å²) in [5.74, 6) is 0.764. The van der Waals surface area contributed by atoms with Gasteiger partial charge in [0.1, 0.15) is 5.75 Å². The second-order valence-electron chi connectivity index (χ2n) is 13.9. The van der Waals surface area contributed by atoms with Gasteiger partial charge in [-0.3, -0.25) is 4.79 Å². The SMILES string of the molecule is CCCCC[C@@H](C/C=C/CCC(=O)NC[C@@H](OC)[C@@H]1[C@@H](O[Si](C)(C)C(C)(C)C)CC=C(C)[C@@H]1OCc1ccc(OC)cc1)OC. The molecule has 0 fully saturated rings. The van der Waals surface area contributed by atoms with E-state index in [1.54, 1.807) is 21.3 Å². The van der Waals surface area contributed by atoms with Crippen molar-refractivity contribution in [3.63, 3.8) is 0 Å². The minimum Gasteiger partial charge on any atom is -0.497 e. The van der Waals surface area contributed by atoms with E-state index in [1.165, 1.54) is 24.8 Å². The Labute approximate surface area is 275 Å². The summed E-state index contributed by atoms with van der Waals surface area (Å²) in [4.78, 5) is 12.9. The Morgan fingerprint density at radius 3 is 2.38 bits per heavy atom. The van der Waals surface area contributed by atoms with Gasteiger partial charge in [0.05, 0.1) is 38.1 Å². The van der Waals surface area contributed by atoms with Crippen molar-refractivity contribution in [3.05, 3.63) is 53.6 Å². The van der Waals surface area contributed by atoms with Crippen molar-refractivity contribution in [2.75, 3.05) is 27.9 Å². The molecule has 0 aromatic heterocycles. The third-order valence-corrected chi connectivity index (χ3v) is 14.0. The van der Waals surface area contributed by atoms with Gasteiger partial charge in [-0.15, -0.1) is 0 Å². The lowest BCUT2D eigenvalue weighted by Crippen LogP contribution is -2.54. The average Bonchev–Trinajstić information content (AvgIpc) is 3.00. The van der Waals surface area contributed by atoms with Crippen LogP contribution in [-0.2, 0) is 30.0 Å². The first-order valence-electron chi connectivity index (χ1n) is 16.9. The van der Waals surface area contributed by atoms with Gasteiger partial charge in [-0.1, -0.05) is 77.3 Å². The highest BCUT2D eigenvalue weighted by Crippen LogP contribution is 2.42. The lowest BCUT2D eigenvalue weighted by Gasteiger charge is -2.46. The van der Waals surface area contributed by atoms with Crippen molar-refractivity contribution in [1.29, 1.82) is 0 Å². The Bertz CT molecular complexity index is 1050. The van der Waals surface area contributed by atoms with Gasteiger partial charge in [0.15, 0.2) is 8.32 Å². The first-order chi connectivity index (χ1) is 21.4. The van der Waals surface area contributed by atoms with Crippen LogP contribution in [0.1, 0.15) is 91.5 Å². The van der Waals surface area contributed by atoms with E-state index in [0.717, 1.165) is 30.6 Å². The van der Waals surface area contributed by atoms with Gasteiger partial charge in [-0.2, -0.15) is 0 Å². The van der Waals surface area contributed by atoms with Gasteiger partial charge in [0, 0.05) is 33.1 Å². The van der Waals surface area contributed by atoms with Crippen molar-refractivity contribution in [1.82, 2.24) is 5.32 Å². The number of hydrogen-bond donors (Lipinski definition) is 1. The topological polar surface area (TPSA) is 75.3 Å². The quantitative estimate of drug-likeness (QED) is 0.0872. The Morgan fingerprint density at radius 1 is 1.07 bits per heavy atom. The fourth-order valence-corrected chi connectivity index (χ4v) is 6.92. The summed E-state index contributed by atoms with van der Waals surface area (Å²) < 4.78 is 30.8. The smallest absolute Gasteiger partial charge is 0.220 e. The first kappa shape index (κ1) is 39.2. The zero-order valence-electron chi connectivity index (χ0n) is 29.9. The van der Waals surface area contributed by atoms with Gasteiger partial charge in [0.25, 0.3) is 0 Å². The molecule has 45 heavy (non-hydrogen) atoms. The first-order valence-corrected chi connectivity index (χ1v) is 19.8. The molecule has 0 spiro atoms. The van der Waals surface area contributed by atoms with Crippen LogP contribution in [0.5, 0.6) is 5.75 Å². The third kappa shape index (κ3) is 13.0. The van der Waals surface area contributed by atoms with E-state index >= 15 is 0 Å². The molecule has 1 aliphatic rings. The summed E-state index contributed by atoms with van der Waals surface area (Å²) in [6.45, 7) is 16.6. The van der Waals surface area contributed by atoms with Crippen LogP contribution in [0.4, 0.5) is 0 Å². The molecule has 1 aliphatic carbocycles. The molecule has 0 aliphatic heterocycles. The predicted molar refractivity (Wildman–Crippen MR) is 187 cm³/mol. The molecular weight excluding hydrogens is 582 g/mol. The standard InChI is InChI=1S/C37H63NO6Si/c1-11-12-14-17-30(40-6)18-15-13-16-19-34(39)38-26-33(42-8)35-32(44-45(9,10)37(3,4)5)25-20-28(2)36(35)43-27-29-21-23-31(41-7)24-22-29/h13,15,20-24,30,32-33,35-36H,11-12,14,16-19,25-27H2,1-10H3,(H,38,39)/b15-13+/t30-,32-,33+,35-,36-/m0/s1. The molecule has 1 amide bonds. The number of rotatable bonds is 20. The highest BCUT2D eigenvalue weighted by atomic mass is 28.4. The number of ether oxygens (including phenoxy) is 4. The van der Waals surface area contributed by atoms with E-state index in [-0.39, 0.29) is 41.3 Å². The van der Waals surface area contributed by atoms with Crippen LogP contribution in [0.15, 0.2) is 48.1 Å². The molecule has 0 radical (unpaired) electrons. The Morgan fingerprint density at radius 2 is 1.78 bits per heavy atom. The van der Waals surface area contributed by atoms with E-state index < -0.39 is 8.32 Å². The molecule has 0 saturated heterocycles. The molecule has 7 nitrogen and oxygen atoms in total. The number of amides is 1. The van der Waals surface area contributed by atoms with Crippen LogP contribution in [0.25, 0.3) is 0 Å². The minimum atomic E-state index is -2.09. The molecule has 1 aromatic carbocycles. The molecule has 0 saturated carbocycles. The average molecular weight is 646 g/mol. The number of hydrogen-bond acceptors (Lipinski definition) is 6. The number of carbonyl (C=O) groups excluding carboxylic acids is 1. The summed E-state index contributed by atoms with van der Waals surface area (Å²) in [5.41, 5.74) is 2.24. The third-order valence-electron chi connectivity index (χ3n) is 9.54. The Hall–Kier alpha value is -1.97. The zero-order valence-corrected chi connectivity index (χ0v) is 30.9. The van der Waals surface area contributed by atoms with Crippen molar-refractivity contribution in [2.45, 2.75) is 135 Å². The summed E-state index contributed by atoms with van der Waals surface area (Å²) in [5, 5.41) is 3.22. The molecule has 1 aromatic rings. The maximum atomic E-state index is 12.9. The number of unbranched alkanes of at least 4 members (excludes halogenated alkanes) is 2. The second-order valence-corrected chi connectivity index (χ2v) is 18.7. The van der Waals surface area contributed by atoms with Crippen LogP contribution in [-0.4, -0.2) is 66.5 Å². The number of allylic oxidation sites excluding steroid dienone is 1. The number of benzene rings is 1. The Kier molecular flexibility index (Phi) is 17.1. The Balaban J connectivity index is 2.10. The lowest BCUT2D eigenvalue weighted by atomic mass is 9.80. The number of carbonyl (C=O) groups is 1. The molecule has 8 heteroatoms. The number of methoxy groups -OCH3 is 3. The van der Waals surface area contributed by atoms with E-state index in [9.17, 15) is 4.79 Å². The van der Waals surface area contributed by atoms with E-state index in [0.29, 0.717) is 26.0 Å². The maximum Gasteiger partial charge on any atom is 0.220 e. The highest BCUT2D eigenvalue weighted by molar-refractivity contribution is 6.74. The largest absolute Gasteiger partial charge is 0.497 e. The summed E-state index contributed by atoms with van der Waals surface area (Å²) >= 11 is 0. The zero-order chi connectivity index (χ0) is 33.5. The van der Waals surface area contributed by atoms with Gasteiger partial charge >= 0.3 is 0 Å². The van der Waals surface area contributed by atoms with Crippen LogP contribution in [0.2, 0.25) is 18.1 Å². The van der Waals surface area contributed by atoms with Crippen LogP contribution in [0, 0.1) is 5.92 Å².